The van der Waals surface area contributed by atoms with Crippen LogP contribution >= 0.6 is 0 Å². The van der Waals surface area contributed by atoms with Crippen LogP contribution in [-0.4, -0.2) is 24.6 Å². The van der Waals surface area contributed by atoms with Crippen LogP contribution in [0, 0.1) is 0 Å². The standard InChI is InChI=1S/C26H22O7/c1-25(2,3)33-32-23(27)15-9-11-19-22(13-15)30-21-12-10-16(29-4)14-20(21)26(19)18-8-6-5-7-17(18)24(28)31-26/h5-14H,1-4H3. The first-order chi connectivity index (χ1) is 15.7. The molecular weight excluding hydrogens is 424 g/mol. The van der Waals surface area contributed by atoms with Crippen LogP contribution in [0.25, 0.3) is 0 Å². The fourth-order valence-corrected chi connectivity index (χ4v) is 4.12. The normalized spacial score (nSPS) is 18.0. The van der Waals surface area contributed by atoms with Gasteiger partial charge in [0.05, 0.1) is 23.8 Å². The number of hydrogen-bond donors (Lipinski definition) is 0. The third-order valence-corrected chi connectivity index (χ3v) is 5.52. The first-order valence-corrected chi connectivity index (χ1v) is 10.5. The molecule has 3 aromatic carbocycles. The molecule has 2 aliphatic rings. The van der Waals surface area contributed by atoms with Gasteiger partial charge in [0.15, 0.2) is 5.60 Å². The lowest BCUT2D eigenvalue weighted by Crippen LogP contribution is -2.33. The highest BCUT2D eigenvalue weighted by atomic mass is 17.2. The van der Waals surface area contributed by atoms with E-state index in [2.05, 4.69) is 0 Å². The van der Waals surface area contributed by atoms with E-state index in [1.165, 1.54) is 0 Å². The van der Waals surface area contributed by atoms with Crippen molar-refractivity contribution >= 4 is 11.9 Å². The molecule has 0 amide bonds. The maximum Gasteiger partial charge on any atom is 0.373 e. The number of benzene rings is 3. The molecule has 0 saturated heterocycles. The lowest BCUT2D eigenvalue weighted by Gasteiger charge is -2.36. The summed E-state index contributed by atoms with van der Waals surface area (Å²) in [7, 11) is 1.57. The van der Waals surface area contributed by atoms with Crippen molar-refractivity contribution in [2.75, 3.05) is 7.11 Å². The molecule has 5 rings (SSSR count). The maximum absolute atomic E-state index is 12.9. The molecular formula is C26H22O7. The quantitative estimate of drug-likeness (QED) is 0.313. The molecule has 0 aliphatic carbocycles. The minimum atomic E-state index is -1.24. The van der Waals surface area contributed by atoms with Crippen molar-refractivity contribution in [3.8, 4) is 17.2 Å². The zero-order chi connectivity index (χ0) is 23.4. The molecule has 7 heteroatoms. The van der Waals surface area contributed by atoms with E-state index in [1.807, 2.05) is 12.1 Å². The molecule has 0 N–H and O–H groups in total. The van der Waals surface area contributed by atoms with Gasteiger partial charge in [0, 0.05) is 11.1 Å². The molecule has 0 radical (unpaired) electrons. The first-order valence-electron chi connectivity index (χ1n) is 10.5. The molecule has 1 atom stereocenters. The molecule has 2 heterocycles. The van der Waals surface area contributed by atoms with Gasteiger partial charge in [0.2, 0.25) is 0 Å². The Labute approximate surface area is 190 Å². The average molecular weight is 446 g/mol. The predicted molar refractivity (Wildman–Crippen MR) is 118 cm³/mol. The fraction of sp³-hybridized carbons (Fsp3) is 0.231. The molecule has 33 heavy (non-hydrogen) atoms. The fourth-order valence-electron chi connectivity index (χ4n) is 4.12. The van der Waals surface area contributed by atoms with Crippen LogP contribution in [0.2, 0.25) is 0 Å². The summed E-state index contributed by atoms with van der Waals surface area (Å²) >= 11 is 0. The maximum atomic E-state index is 12.9. The number of carbonyl (C=O) groups is 2. The summed E-state index contributed by atoms with van der Waals surface area (Å²) in [6, 6.07) is 17.4. The Hall–Kier alpha value is -3.84. The summed E-state index contributed by atoms with van der Waals surface area (Å²) in [5, 5.41) is 0. The van der Waals surface area contributed by atoms with Gasteiger partial charge in [0.1, 0.15) is 22.8 Å². The summed E-state index contributed by atoms with van der Waals surface area (Å²) in [6.07, 6.45) is 0. The highest BCUT2D eigenvalue weighted by molar-refractivity contribution is 5.97. The van der Waals surface area contributed by atoms with E-state index in [1.54, 1.807) is 76.4 Å². The zero-order valence-electron chi connectivity index (χ0n) is 18.6. The predicted octanol–water partition coefficient (Wildman–Crippen LogP) is 5.15. The minimum absolute atomic E-state index is 0.239. The summed E-state index contributed by atoms with van der Waals surface area (Å²) in [5.74, 6) is 0.371. The van der Waals surface area contributed by atoms with Gasteiger partial charge in [0.25, 0.3) is 0 Å². The van der Waals surface area contributed by atoms with Crippen LogP contribution in [-0.2, 0) is 20.1 Å². The Balaban J connectivity index is 1.67. The Kier molecular flexibility index (Phi) is 4.68. The minimum Gasteiger partial charge on any atom is -0.497 e. The van der Waals surface area contributed by atoms with Gasteiger partial charge in [-0.3, -0.25) is 4.89 Å². The highest BCUT2D eigenvalue weighted by Crippen LogP contribution is 2.56. The average Bonchev–Trinajstić information content (AvgIpc) is 3.10. The molecule has 7 nitrogen and oxygen atoms in total. The van der Waals surface area contributed by atoms with Crippen LogP contribution in [0.4, 0.5) is 0 Å². The molecule has 0 bridgehead atoms. The summed E-state index contributed by atoms with van der Waals surface area (Å²) in [6.45, 7) is 5.32. The van der Waals surface area contributed by atoms with Crippen molar-refractivity contribution < 1.29 is 33.6 Å². The second-order valence-corrected chi connectivity index (χ2v) is 8.86. The van der Waals surface area contributed by atoms with Gasteiger partial charge in [-0.05, 0) is 63.2 Å². The Morgan fingerprint density at radius 2 is 1.70 bits per heavy atom. The smallest absolute Gasteiger partial charge is 0.373 e. The molecule has 0 aromatic heterocycles. The molecule has 168 valence electrons. The number of fused-ring (bicyclic) bond motifs is 6. The topological polar surface area (TPSA) is 80.3 Å². The van der Waals surface area contributed by atoms with E-state index in [0.717, 1.165) is 0 Å². The number of esters is 1. The number of hydrogen-bond acceptors (Lipinski definition) is 7. The number of carbonyl (C=O) groups excluding carboxylic acids is 2. The van der Waals surface area contributed by atoms with Crippen molar-refractivity contribution in [2.45, 2.75) is 32.0 Å². The van der Waals surface area contributed by atoms with Gasteiger partial charge >= 0.3 is 11.9 Å². The van der Waals surface area contributed by atoms with Crippen molar-refractivity contribution in [3.05, 3.63) is 88.5 Å². The number of rotatable bonds is 3. The van der Waals surface area contributed by atoms with E-state index < -0.39 is 23.1 Å². The van der Waals surface area contributed by atoms with Crippen LogP contribution in [0.15, 0.2) is 60.7 Å². The lowest BCUT2D eigenvalue weighted by atomic mass is 9.77. The van der Waals surface area contributed by atoms with Crippen LogP contribution in [0.3, 0.4) is 0 Å². The van der Waals surface area contributed by atoms with Crippen molar-refractivity contribution in [1.82, 2.24) is 0 Å². The summed E-state index contributed by atoms with van der Waals surface area (Å²) in [5.41, 5.74) is 0.748. The van der Waals surface area contributed by atoms with Gasteiger partial charge in [-0.25, -0.2) is 9.59 Å². The van der Waals surface area contributed by atoms with Crippen molar-refractivity contribution in [1.29, 1.82) is 0 Å². The molecule has 0 saturated carbocycles. The molecule has 3 aromatic rings. The SMILES string of the molecule is COc1ccc2c(c1)C1(OC(=O)c3ccccc31)c1ccc(C(=O)OOC(C)(C)C)cc1O2. The first kappa shape index (κ1) is 21.0. The monoisotopic (exact) mass is 446 g/mol. The molecule has 0 fully saturated rings. The van der Waals surface area contributed by atoms with Gasteiger partial charge < -0.3 is 14.2 Å². The van der Waals surface area contributed by atoms with E-state index in [-0.39, 0.29) is 5.56 Å². The highest BCUT2D eigenvalue weighted by Gasteiger charge is 2.53. The van der Waals surface area contributed by atoms with E-state index in [0.29, 0.717) is 39.5 Å². The Morgan fingerprint density at radius 3 is 2.45 bits per heavy atom. The van der Waals surface area contributed by atoms with Gasteiger partial charge in [-0.2, -0.15) is 4.89 Å². The van der Waals surface area contributed by atoms with E-state index in [9.17, 15) is 9.59 Å². The van der Waals surface area contributed by atoms with Gasteiger partial charge in [-0.1, -0.05) is 18.2 Å². The summed E-state index contributed by atoms with van der Waals surface area (Å²) in [4.78, 5) is 35.6. The molecule has 1 spiro atoms. The zero-order valence-corrected chi connectivity index (χ0v) is 18.6. The number of ether oxygens (including phenoxy) is 3. The second-order valence-electron chi connectivity index (χ2n) is 8.86. The molecule has 2 aliphatic heterocycles. The second kappa shape index (κ2) is 7.35. The Morgan fingerprint density at radius 1 is 0.909 bits per heavy atom. The third kappa shape index (κ3) is 3.32. The molecule has 1 unspecified atom stereocenters. The van der Waals surface area contributed by atoms with Crippen LogP contribution in [0.5, 0.6) is 17.2 Å². The van der Waals surface area contributed by atoms with Crippen molar-refractivity contribution in [2.24, 2.45) is 0 Å². The third-order valence-electron chi connectivity index (χ3n) is 5.52. The van der Waals surface area contributed by atoms with Gasteiger partial charge in [-0.15, -0.1) is 0 Å². The lowest BCUT2D eigenvalue weighted by molar-refractivity contribution is -0.301. The number of methoxy groups -OCH3 is 1. The van der Waals surface area contributed by atoms with E-state index >= 15 is 0 Å². The van der Waals surface area contributed by atoms with Crippen LogP contribution < -0.4 is 9.47 Å². The van der Waals surface area contributed by atoms with E-state index in [4.69, 9.17) is 24.0 Å². The van der Waals surface area contributed by atoms with Crippen LogP contribution in [0.1, 0.15) is 58.2 Å². The Bertz CT molecular complexity index is 1290. The summed E-state index contributed by atoms with van der Waals surface area (Å²) < 4.78 is 17.7. The largest absolute Gasteiger partial charge is 0.497 e. The van der Waals surface area contributed by atoms with Crippen molar-refractivity contribution in [3.63, 3.8) is 0 Å².